The number of pyridine rings is 1. The first-order valence-corrected chi connectivity index (χ1v) is 8.93. The van der Waals surface area contributed by atoms with E-state index in [1.165, 1.54) is 0 Å². The monoisotopic (exact) mass is 370 g/mol. The number of hydrogen-bond donors (Lipinski definition) is 1. The van der Waals surface area contributed by atoms with Crippen molar-refractivity contribution < 1.29 is 9.53 Å². The van der Waals surface area contributed by atoms with Gasteiger partial charge in [0.05, 0.1) is 18.7 Å². The molecule has 1 aliphatic rings. The molecule has 0 atom stereocenters. The van der Waals surface area contributed by atoms with Crippen molar-refractivity contribution in [2.24, 2.45) is 0 Å². The average molecular weight is 371 g/mol. The molecule has 0 unspecified atom stereocenters. The van der Waals surface area contributed by atoms with E-state index in [0.717, 1.165) is 30.1 Å². The number of carbonyl (C=O) groups excluding carboxylic acids is 1. The van der Waals surface area contributed by atoms with Crippen LogP contribution in [0.15, 0.2) is 48.7 Å². The highest BCUT2D eigenvalue weighted by Gasteiger charge is 2.22. The number of aromatic nitrogens is 2. The summed E-state index contributed by atoms with van der Waals surface area (Å²) in [6, 6.07) is 13.2. The number of morpholine rings is 1. The second-order valence-corrected chi connectivity index (χ2v) is 6.50. The van der Waals surface area contributed by atoms with Gasteiger partial charge in [0.2, 0.25) is 5.95 Å². The third-order valence-corrected chi connectivity index (χ3v) is 4.80. The Kier molecular flexibility index (Phi) is 4.77. The number of imidazole rings is 1. The smallest absolute Gasteiger partial charge is 0.272 e. The minimum absolute atomic E-state index is 0.215. The van der Waals surface area contributed by atoms with E-state index in [0.29, 0.717) is 30.5 Å². The standard InChI is InChI=1S/C19H19ClN4O2/c20-15-6-2-1-5-14(15)13-21-18(25)17-16-7-3-4-8-24(16)19(22-17)23-9-11-26-12-10-23/h1-8H,9-13H2,(H,21,25). The van der Waals surface area contributed by atoms with Crippen LogP contribution in [-0.2, 0) is 11.3 Å². The SMILES string of the molecule is O=C(NCc1ccccc1Cl)c1nc(N2CCOCC2)n2ccccc12. The van der Waals surface area contributed by atoms with Crippen molar-refractivity contribution in [3.05, 3.63) is 64.9 Å². The fourth-order valence-corrected chi connectivity index (χ4v) is 3.28. The second kappa shape index (κ2) is 7.35. The molecule has 0 radical (unpaired) electrons. The van der Waals surface area contributed by atoms with Gasteiger partial charge in [0.25, 0.3) is 5.91 Å². The van der Waals surface area contributed by atoms with Crippen molar-refractivity contribution in [3.8, 4) is 0 Å². The van der Waals surface area contributed by atoms with Crippen LogP contribution < -0.4 is 10.2 Å². The van der Waals surface area contributed by atoms with Gasteiger partial charge in [-0.25, -0.2) is 4.98 Å². The largest absolute Gasteiger partial charge is 0.378 e. The molecule has 1 saturated heterocycles. The van der Waals surface area contributed by atoms with E-state index in [2.05, 4.69) is 15.2 Å². The zero-order valence-electron chi connectivity index (χ0n) is 14.2. The van der Waals surface area contributed by atoms with Crippen molar-refractivity contribution in [1.82, 2.24) is 14.7 Å². The number of benzene rings is 1. The number of nitrogens with one attached hydrogen (secondary N) is 1. The van der Waals surface area contributed by atoms with E-state index in [-0.39, 0.29) is 5.91 Å². The number of halogens is 1. The lowest BCUT2D eigenvalue weighted by atomic mass is 10.2. The summed E-state index contributed by atoms with van der Waals surface area (Å²) < 4.78 is 7.37. The van der Waals surface area contributed by atoms with Gasteiger partial charge in [-0.1, -0.05) is 35.9 Å². The summed E-state index contributed by atoms with van der Waals surface area (Å²) in [7, 11) is 0. The van der Waals surface area contributed by atoms with Gasteiger partial charge in [-0.15, -0.1) is 0 Å². The van der Waals surface area contributed by atoms with E-state index in [1.807, 2.05) is 53.1 Å². The molecule has 1 aromatic carbocycles. The van der Waals surface area contributed by atoms with E-state index in [4.69, 9.17) is 16.3 Å². The second-order valence-electron chi connectivity index (χ2n) is 6.09. The fourth-order valence-electron chi connectivity index (χ4n) is 3.08. The van der Waals surface area contributed by atoms with Gasteiger partial charge in [0, 0.05) is 30.9 Å². The van der Waals surface area contributed by atoms with Crippen LogP contribution in [0.5, 0.6) is 0 Å². The molecule has 2 aromatic heterocycles. The number of amides is 1. The van der Waals surface area contributed by atoms with Crippen molar-refractivity contribution in [2.75, 3.05) is 31.2 Å². The predicted octanol–water partition coefficient (Wildman–Crippen LogP) is 2.75. The number of anilines is 1. The van der Waals surface area contributed by atoms with Crippen molar-refractivity contribution in [1.29, 1.82) is 0 Å². The molecule has 26 heavy (non-hydrogen) atoms. The molecular formula is C19H19ClN4O2. The molecule has 1 fully saturated rings. The first kappa shape index (κ1) is 16.9. The summed E-state index contributed by atoms with van der Waals surface area (Å²) in [5.74, 6) is 0.555. The number of carbonyl (C=O) groups is 1. The Morgan fingerprint density at radius 1 is 1.15 bits per heavy atom. The van der Waals surface area contributed by atoms with Crippen molar-refractivity contribution in [2.45, 2.75) is 6.54 Å². The lowest BCUT2D eigenvalue weighted by molar-refractivity contribution is 0.0948. The molecule has 0 bridgehead atoms. The number of nitrogens with zero attached hydrogens (tertiary/aromatic N) is 3. The Morgan fingerprint density at radius 2 is 1.92 bits per heavy atom. The van der Waals surface area contributed by atoms with Crippen LogP contribution in [0.3, 0.4) is 0 Å². The summed E-state index contributed by atoms with van der Waals surface area (Å²) in [6.07, 6.45) is 1.93. The molecule has 1 aliphatic heterocycles. The van der Waals surface area contributed by atoms with E-state index in [9.17, 15) is 4.79 Å². The molecule has 7 heteroatoms. The molecule has 0 saturated carbocycles. The zero-order chi connectivity index (χ0) is 17.9. The Labute approximate surface area is 156 Å². The van der Waals surface area contributed by atoms with Crippen molar-refractivity contribution >= 4 is 29.0 Å². The van der Waals surface area contributed by atoms with Gasteiger partial charge >= 0.3 is 0 Å². The van der Waals surface area contributed by atoms with Crippen molar-refractivity contribution in [3.63, 3.8) is 0 Å². The molecule has 3 heterocycles. The Hall–Kier alpha value is -2.57. The predicted molar refractivity (Wildman–Crippen MR) is 101 cm³/mol. The number of ether oxygens (including phenoxy) is 1. The van der Waals surface area contributed by atoms with Crippen LogP contribution in [0.2, 0.25) is 5.02 Å². The summed E-state index contributed by atoms with van der Waals surface area (Å²) in [5, 5.41) is 3.56. The van der Waals surface area contributed by atoms with Crippen LogP contribution in [0.25, 0.3) is 5.52 Å². The highest BCUT2D eigenvalue weighted by Crippen LogP contribution is 2.21. The minimum Gasteiger partial charge on any atom is -0.378 e. The van der Waals surface area contributed by atoms with Gasteiger partial charge < -0.3 is 15.0 Å². The normalized spacial score (nSPS) is 14.6. The van der Waals surface area contributed by atoms with Crippen LogP contribution >= 0.6 is 11.6 Å². The maximum atomic E-state index is 12.8. The van der Waals surface area contributed by atoms with Crippen LogP contribution in [0.4, 0.5) is 5.95 Å². The van der Waals surface area contributed by atoms with Gasteiger partial charge in [-0.3, -0.25) is 9.20 Å². The fraction of sp³-hybridized carbons (Fsp3) is 0.263. The Balaban J connectivity index is 1.61. The molecular weight excluding hydrogens is 352 g/mol. The lowest BCUT2D eigenvalue weighted by Gasteiger charge is -2.27. The molecule has 0 spiro atoms. The number of hydrogen-bond acceptors (Lipinski definition) is 4. The highest BCUT2D eigenvalue weighted by atomic mass is 35.5. The molecule has 4 rings (SSSR count). The van der Waals surface area contributed by atoms with Gasteiger partial charge in [-0.2, -0.15) is 0 Å². The topological polar surface area (TPSA) is 58.9 Å². The summed E-state index contributed by atoms with van der Waals surface area (Å²) in [4.78, 5) is 19.5. The molecule has 0 aliphatic carbocycles. The van der Waals surface area contributed by atoms with Gasteiger partial charge in [0.15, 0.2) is 5.69 Å². The summed E-state index contributed by atoms with van der Waals surface area (Å²) in [5.41, 5.74) is 2.07. The van der Waals surface area contributed by atoms with E-state index < -0.39 is 0 Å². The maximum Gasteiger partial charge on any atom is 0.272 e. The summed E-state index contributed by atoms with van der Waals surface area (Å²) >= 11 is 6.16. The molecule has 3 aromatic rings. The molecule has 134 valence electrons. The maximum absolute atomic E-state index is 12.8. The van der Waals surface area contributed by atoms with Gasteiger partial charge in [0.1, 0.15) is 0 Å². The third-order valence-electron chi connectivity index (χ3n) is 4.44. The first-order chi connectivity index (χ1) is 12.7. The summed E-state index contributed by atoms with van der Waals surface area (Å²) in [6.45, 7) is 3.20. The number of fused-ring (bicyclic) bond motifs is 1. The van der Waals surface area contributed by atoms with Crippen LogP contribution in [0.1, 0.15) is 16.1 Å². The van der Waals surface area contributed by atoms with E-state index >= 15 is 0 Å². The average Bonchev–Trinajstić information content (AvgIpc) is 3.08. The lowest BCUT2D eigenvalue weighted by Crippen LogP contribution is -2.37. The Morgan fingerprint density at radius 3 is 2.73 bits per heavy atom. The number of rotatable bonds is 4. The molecule has 1 N–H and O–H groups in total. The van der Waals surface area contributed by atoms with E-state index in [1.54, 1.807) is 0 Å². The highest BCUT2D eigenvalue weighted by molar-refractivity contribution is 6.31. The van der Waals surface area contributed by atoms with Crippen LogP contribution in [0, 0.1) is 0 Å². The van der Waals surface area contributed by atoms with Gasteiger partial charge in [-0.05, 0) is 23.8 Å². The Bertz CT molecular complexity index is 934. The first-order valence-electron chi connectivity index (χ1n) is 8.55. The third kappa shape index (κ3) is 3.25. The minimum atomic E-state index is -0.215. The quantitative estimate of drug-likeness (QED) is 0.767. The molecule has 6 nitrogen and oxygen atoms in total. The zero-order valence-corrected chi connectivity index (χ0v) is 14.9. The molecule has 1 amide bonds. The van der Waals surface area contributed by atoms with Crippen LogP contribution in [-0.4, -0.2) is 41.6 Å².